The Balaban J connectivity index is 1.60. The van der Waals surface area contributed by atoms with Gasteiger partial charge in [-0.1, -0.05) is 18.0 Å². The number of hydrogen-bond acceptors (Lipinski definition) is 6. The molecule has 154 valence electrons. The molecule has 3 aromatic rings. The average molecular weight is 426 g/mol. The maximum atomic E-state index is 13.1. The zero-order valence-electron chi connectivity index (χ0n) is 16.4. The molecule has 3 aromatic heterocycles. The maximum absolute atomic E-state index is 13.1. The standard InChI is InChI=1S/C21H20ClN5O3/c1-11(24-14-3-4-15(22)25-17(14)19(29)30)12-9-23-10-13-16(12)26-20-21(5-2-6-21)7-8-27(20)18(13)28/h3-4,9-11,24H,2,5-8H2,1H3,(H,29,30)/t11-/m1/s1. The number of carbonyl (C=O) groups is 1. The van der Waals surface area contributed by atoms with Crippen LogP contribution < -0.4 is 10.9 Å². The van der Waals surface area contributed by atoms with Crippen LogP contribution >= 0.6 is 11.6 Å². The Kier molecular flexibility index (Phi) is 4.28. The van der Waals surface area contributed by atoms with Crippen molar-refractivity contribution in [1.82, 2.24) is 19.5 Å². The van der Waals surface area contributed by atoms with Crippen molar-refractivity contribution < 1.29 is 9.90 Å². The van der Waals surface area contributed by atoms with Gasteiger partial charge in [0.2, 0.25) is 0 Å². The number of rotatable bonds is 4. The van der Waals surface area contributed by atoms with E-state index in [0.717, 1.165) is 37.1 Å². The zero-order chi connectivity index (χ0) is 21.0. The molecule has 9 heteroatoms. The van der Waals surface area contributed by atoms with Crippen LogP contribution in [-0.2, 0) is 12.0 Å². The van der Waals surface area contributed by atoms with Crippen molar-refractivity contribution in [3.63, 3.8) is 0 Å². The number of carboxylic acid groups (broad SMARTS) is 1. The van der Waals surface area contributed by atoms with Gasteiger partial charge >= 0.3 is 5.97 Å². The number of hydrogen-bond donors (Lipinski definition) is 2. The fourth-order valence-corrected chi connectivity index (χ4v) is 4.78. The number of halogens is 1. The minimum Gasteiger partial charge on any atom is -0.476 e. The Morgan fingerprint density at radius 3 is 2.77 bits per heavy atom. The van der Waals surface area contributed by atoms with Crippen LogP contribution in [0.4, 0.5) is 5.69 Å². The third-order valence-electron chi connectivity index (χ3n) is 6.40. The first-order valence-electron chi connectivity index (χ1n) is 9.95. The van der Waals surface area contributed by atoms with Gasteiger partial charge in [0.25, 0.3) is 5.56 Å². The van der Waals surface area contributed by atoms with Crippen molar-refractivity contribution in [1.29, 1.82) is 0 Å². The molecule has 0 radical (unpaired) electrons. The van der Waals surface area contributed by atoms with Gasteiger partial charge in [0.15, 0.2) is 5.69 Å². The van der Waals surface area contributed by atoms with Crippen molar-refractivity contribution >= 4 is 34.2 Å². The van der Waals surface area contributed by atoms with Crippen LogP contribution in [0.1, 0.15) is 60.5 Å². The molecule has 4 heterocycles. The summed E-state index contributed by atoms with van der Waals surface area (Å²) in [6.45, 7) is 2.58. The number of nitrogens with one attached hydrogen (secondary N) is 1. The summed E-state index contributed by atoms with van der Waals surface area (Å²) in [7, 11) is 0. The molecule has 30 heavy (non-hydrogen) atoms. The lowest BCUT2D eigenvalue weighted by Gasteiger charge is -2.37. The Bertz CT molecular complexity index is 1250. The zero-order valence-corrected chi connectivity index (χ0v) is 17.1. The summed E-state index contributed by atoms with van der Waals surface area (Å²) in [5.74, 6) is -0.297. The Hall–Kier alpha value is -3.00. The number of anilines is 1. The predicted octanol–water partition coefficient (Wildman–Crippen LogP) is 3.54. The molecule has 1 spiro atoms. The Labute approximate surface area is 177 Å². The van der Waals surface area contributed by atoms with Crippen LogP contribution in [0.15, 0.2) is 29.3 Å². The SMILES string of the molecule is C[C@@H](Nc1ccc(Cl)nc1C(=O)O)c1cncc2c(=O)n3c(nc12)C1(CCC1)CC3. The molecular formula is C21H20ClN5O3. The first kappa shape index (κ1) is 19.0. The monoisotopic (exact) mass is 425 g/mol. The van der Waals surface area contributed by atoms with E-state index < -0.39 is 5.97 Å². The summed E-state index contributed by atoms with van der Waals surface area (Å²) in [5, 5.41) is 13.2. The first-order chi connectivity index (χ1) is 14.4. The normalized spacial score (nSPS) is 17.5. The van der Waals surface area contributed by atoms with E-state index in [4.69, 9.17) is 16.6 Å². The van der Waals surface area contributed by atoms with Crippen LogP contribution in [0.3, 0.4) is 0 Å². The average Bonchev–Trinajstić information content (AvgIpc) is 3.09. The summed E-state index contributed by atoms with van der Waals surface area (Å²) in [5.41, 5.74) is 1.50. The summed E-state index contributed by atoms with van der Waals surface area (Å²) >= 11 is 5.85. The Morgan fingerprint density at radius 2 is 2.07 bits per heavy atom. The molecule has 1 fully saturated rings. The number of fused-ring (bicyclic) bond motifs is 3. The molecule has 0 saturated heterocycles. The van der Waals surface area contributed by atoms with Crippen molar-refractivity contribution in [3.05, 3.63) is 57.1 Å². The van der Waals surface area contributed by atoms with E-state index in [2.05, 4.69) is 15.3 Å². The molecule has 8 nitrogen and oxygen atoms in total. The van der Waals surface area contributed by atoms with Gasteiger partial charge in [0, 0.05) is 29.9 Å². The second-order valence-corrected chi connectivity index (χ2v) is 8.49. The second kappa shape index (κ2) is 6.77. The van der Waals surface area contributed by atoms with Gasteiger partial charge in [-0.15, -0.1) is 0 Å². The summed E-state index contributed by atoms with van der Waals surface area (Å²) in [6.07, 6.45) is 7.49. The highest BCUT2D eigenvalue weighted by molar-refractivity contribution is 6.29. The third-order valence-corrected chi connectivity index (χ3v) is 6.61. The van der Waals surface area contributed by atoms with Gasteiger partial charge < -0.3 is 10.4 Å². The highest BCUT2D eigenvalue weighted by Crippen LogP contribution is 2.49. The van der Waals surface area contributed by atoms with Gasteiger partial charge in [-0.05, 0) is 38.3 Å². The topological polar surface area (TPSA) is 110 Å². The summed E-state index contributed by atoms with van der Waals surface area (Å²) in [4.78, 5) is 37.8. The van der Waals surface area contributed by atoms with Gasteiger partial charge in [0.1, 0.15) is 11.0 Å². The maximum Gasteiger partial charge on any atom is 0.356 e. The number of nitrogens with zero attached hydrogens (tertiary/aromatic N) is 4. The van der Waals surface area contributed by atoms with E-state index in [-0.39, 0.29) is 27.9 Å². The van der Waals surface area contributed by atoms with Gasteiger partial charge in [-0.2, -0.15) is 0 Å². The number of aromatic carboxylic acids is 1. The number of aromatic nitrogens is 4. The molecule has 1 atom stereocenters. The lowest BCUT2D eigenvalue weighted by atomic mass is 9.67. The fraction of sp³-hybridized carbons (Fsp3) is 0.381. The second-order valence-electron chi connectivity index (χ2n) is 8.10. The van der Waals surface area contributed by atoms with E-state index in [1.165, 1.54) is 6.07 Å². The van der Waals surface area contributed by atoms with Crippen LogP contribution in [0.2, 0.25) is 5.15 Å². The highest BCUT2D eigenvalue weighted by atomic mass is 35.5. The lowest BCUT2D eigenvalue weighted by molar-refractivity contribution is 0.0691. The molecule has 2 N–H and O–H groups in total. The van der Waals surface area contributed by atoms with Crippen molar-refractivity contribution in [2.45, 2.75) is 50.6 Å². The minimum absolute atomic E-state index is 0.0289. The molecule has 0 unspecified atom stereocenters. The smallest absolute Gasteiger partial charge is 0.356 e. The number of pyridine rings is 2. The van der Waals surface area contributed by atoms with Crippen LogP contribution in [0.25, 0.3) is 10.9 Å². The lowest BCUT2D eigenvalue weighted by Crippen LogP contribution is -2.34. The molecule has 0 aromatic carbocycles. The Morgan fingerprint density at radius 1 is 1.27 bits per heavy atom. The van der Waals surface area contributed by atoms with Crippen molar-refractivity contribution in [3.8, 4) is 0 Å². The molecule has 5 rings (SSSR count). The third kappa shape index (κ3) is 2.78. The van der Waals surface area contributed by atoms with E-state index in [1.807, 2.05) is 6.92 Å². The number of carboxylic acids is 1. The molecule has 1 aliphatic heterocycles. The molecular weight excluding hydrogens is 406 g/mol. The largest absolute Gasteiger partial charge is 0.476 e. The van der Waals surface area contributed by atoms with E-state index >= 15 is 0 Å². The van der Waals surface area contributed by atoms with Gasteiger partial charge in [0.05, 0.1) is 22.6 Å². The van der Waals surface area contributed by atoms with Gasteiger partial charge in [-0.3, -0.25) is 14.3 Å². The van der Waals surface area contributed by atoms with Gasteiger partial charge in [-0.25, -0.2) is 14.8 Å². The molecule has 0 amide bonds. The first-order valence-corrected chi connectivity index (χ1v) is 10.3. The van der Waals surface area contributed by atoms with Crippen LogP contribution in [0, 0.1) is 0 Å². The summed E-state index contributed by atoms with van der Waals surface area (Å²) in [6, 6.07) is 2.76. The van der Waals surface area contributed by atoms with E-state index in [0.29, 0.717) is 23.1 Å². The highest BCUT2D eigenvalue weighted by Gasteiger charge is 2.46. The van der Waals surface area contributed by atoms with E-state index in [1.54, 1.807) is 23.0 Å². The molecule has 1 aliphatic carbocycles. The predicted molar refractivity (Wildman–Crippen MR) is 112 cm³/mol. The quantitative estimate of drug-likeness (QED) is 0.615. The van der Waals surface area contributed by atoms with Crippen molar-refractivity contribution in [2.24, 2.45) is 0 Å². The summed E-state index contributed by atoms with van der Waals surface area (Å²) < 4.78 is 1.80. The van der Waals surface area contributed by atoms with Crippen LogP contribution in [-0.4, -0.2) is 30.6 Å². The fourth-order valence-electron chi connectivity index (χ4n) is 4.63. The molecule has 1 saturated carbocycles. The van der Waals surface area contributed by atoms with Crippen LogP contribution in [0.5, 0.6) is 0 Å². The molecule has 2 aliphatic rings. The minimum atomic E-state index is -1.18. The van der Waals surface area contributed by atoms with Crippen molar-refractivity contribution in [2.75, 3.05) is 5.32 Å². The molecule has 0 bridgehead atoms. The van der Waals surface area contributed by atoms with E-state index in [9.17, 15) is 14.7 Å².